The summed E-state index contributed by atoms with van der Waals surface area (Å²) in [7, 11) is 0. The van der Waals surface area contributed by atoms with Crippen molar-refractivity contribution in [2.45, 2.75) is 12.8 Å². The van der Waals surface area contributed by atoms with Gasteiger partial charge in [-0.25, -0.2) is 0 Å². The Kier molecular flexibility index (Phi) is 5.26. The first-order valence-electron chi connectivity index (χ1n) is 8.41. The topological polar surface area (TPSA) is 49.4 Å². The van der Waals surface area contributed by atoms with Crippen LogP contribution >= 0.6 is 0 Å². The van der Waals surface area contributed by atoms with E-state index in [0.717, 1.165) is 31.5 Å². The number of hydrogen-bond acceptors (Lipinski definition) is 2. The lowest BCUT2D eigenvalue weighted by Crippen LogP contribution is -2.41. The lowest BCUT2D eigenvalue weighted by Gasteiger charge is -2.32. The minimum Gasteiger partial charge on any atom is -0.352 e. The number of amides is 2. The molecule has 2 aromatic carbocycles. The van der Waals surface area contributed by atoms with Gasteiger partial charge in [0, 0.05) is 30.8 Å². The van der Waals surface area contributed by atoms with Crippen molar-refractivity contribution in [3.63, 3.8) is 0 Å². The maximum atomic E-state index is 12.4. The molecule has 2 amide bonds. The van der Waals surface area contributed by atoms with Crippen molar-refractivity contribution >= 4 is 11.8 Å². The minimum absolute atomic E-state index is 0.0293. The predicted octanol–water partition coefficient (Wildman–Crippen LogP) is 2.97. The molecule has 4 heteroatoms. The molecular weight excluding hydrogens is 300 g/mol. The molecule has 1 aliphatic rings. The average molecular weight is 322 g/mol. The highest BCUT2D eigenvalue weighted by atomic mass is 16.2. The molecule has 1 saturated heterocycles. The van der Waals surface area contributed by atoms with Crippen molar-refractivity contribution in [1.29, 1.82) is 0 Å². The highest BCUT2D eigenvalue weighted by Crippen LogP contribution is 2.18. The first kappa shape index (κ1) is 16.2. The van der Waals surface area contributed by atoms with E-state index < -0.39 is 0 Å². The van der Waals surface area contributed by atoms with Crippen molar-refractivity contribution in [3.05, 3.63) is 71.8 Å². The van der Waals surface area contributed by atoms with E-state index in [9.17, 15) is 9.59 Å². The molecule has 0 bridgehead atoms. The lowest BCUT2D eigenvalue weighted by molar-refractivity contribution is 0.0684. The predicted molar refractivity (Wildman–Crippen MR) is 93.8 cm³/mol. The molecule has 0 aliphatic carbocycles. The van der Waals surface area contributed by atoms with Crippen molar-refractivity contribution < 1.29 is 9.59 Å². The second-order valence-electron chi connectivity index (χ2n) is 6.18. The molecule has 0 aromatic heterocycles. The molecule has 1 heterocycles. The molecule has 1 aliphatic heterocycles. The Morgan fingerprint density at radius 3 is 2.00 bits per heavy atom. The van der Waals surface area contributed by atoms with Crippen LogP contribution < -0.4 is 5.32 Å². The van der Waals surface area contributed by atoms with Crippen LogP contribution in [0.5, 0.6) is 0 Å². The van der Waals surface area contributed by atoms with Gasteiger partial charge in [-0.15, -0.1) is 0 Å². The number of hydrogen-bond donors (Lipinski definition) is 1. The molecule has 1 N–H and O–H groups in total. The fourth-order valence-corrected chi connectivity index (χ4v) is 3.03. The third kappa shape index (κ3) is 4.02. The maximum absolute atomic E-state index is 12.4. The number of likely N-dealkylation sites (tertiary alicyclic amines) is 1. The van der Waals surface area contributed by atoms with Crippen LogP contribution in [0.3, 0.4) is 0 Å². The third-order valence-corrected chi connectivity index (χ3v) is 4.51. The Bertz CT molecular complexity index is 677. The maximum Gasteiger partial charge on any atom is 0.253 e. The van der Waals surface area contributed by atoms with Gasteiger partial charge in [0.05, 0.1) is 0 Å². The summed E-state index contributed by atoms with van der Waals surface area (Å²) in [6, 6.07) is 18.7. The Hall–Kier alpha value is -2.62. The summed E-state index contributed by atoms with van der Waals surface area (Å²) in [6.45, 7) is 2.17. The van der Waals surface area contributed by atoms with Crippen LogP contribution in [0.15, 0.2) is 60.7 Å². The van der Waals surface area contributed by atoms with Crippen LogP contribution in [0.2, 0.25) is 0 Å². The number of carbonyl (C=O) groups is 2. The molecule has 0 unspecified atom stereocenters. The zero-order valence-corrected chi connectivity index (χ0v) is 13.7. The van der Waals surface area contributed by atoms with E-state index in [1.54, 1.807) is 0 Å². The summed E-state index contributed by atoms with van der Waals surface area (Å²) in [5.74, 6) is 0.498. The first-order chi connectivity index (χ1) is 11.7. The van der Waals surface area contributed by atoms with Gasteiger partial charge in [-0.1, -0.05) is 36.4 Å². The van der Waals surface area contributed by atoms with Crippen LogP contribution in [0, 0.1) is 5.92 Å². The number of benzene rings is 2. The Morgan fingerprint density at radius 2 is 1.42 bits per heavy atom. The molecule has 3 rings (SSSR count). The third-order valence-electron chi connectivity index (χ3n) is 4.51. The van der Waals surface area contributed by atoms with E-state index in [4.69, 9.17) is 0 Å². The number of nitrogens with zero attached hydrogens (tertiary/aromatic N) is 1. The van der Waals surface area contributed by atoms with E-state index in [1.807, 2.05) is 65.6 Å². The second-order valence-corrected chi connectivity index (χ2v) is 6.18. The molecule has 0 spiro atoms. The molecule has 124 valence electrons. The van der Waals surface area contributed by atoms with E-state index in [0.29, 0.717) is 18.0 Å². The fourth-order valence-electron chi connectivity index (χ4n) is 3.03. The largest absolute Gasteiger partial charge is 0.352 e. The van der Waals surface area contributed by atoms with Crippen LogP contribution in [0.4, 0.5) is 0 Å². The summed E-state index contributed by atoms with van der Waals surface area (Å²) in [5.41, 5.74) is 1.43. The number of nitrogens with one attached hydrogen (secondary N) is 1. The van der Waals surface area contributed by atoms with Gasteiger partial charge in [0.2, 0.25) is 0 Å². The van der Waals surface area contributed by atoms with Gasteiger partial charge in [-0.05, 0) is 43.0 Å². The van der Waals surface area contributed by atoms with Crippen molar-refractivity contribution in [2.24, 2.45) is 5.92 Å². The first-order valence-corrected chi connectivity index (χ1v) is 8.41. The minimum atomic E-state index is -0.0293. The molecule has 4 nitrogen and oxygen atoms in total. The van der Waals surface area contributed by atoms with E-state index in [2.05, 4.69) is 5.32 Å². The van der Waals surface area contributed by atoms with Gasteiger partial charge in [0.1, 0.15) is 0 Å². The highest BCUT2D eigenvalue weighted by Gasteiger charge is 2.23. The van der Waals surface area contributed by atoms with Gasteiger partial charge in [0.15, 0.2) is 0 Å². The van der Waals surface area contributed by atoms with Crippen molar-refractivity contribution in [1.82, 2.24) is 10.2 Å². The lowest BCUT2D eigenvalue weighted by atomic mass is 9.96. The summed E-state index contributed by atoms with van der Waals surface area (Å²) < 4.78 is 0. The smallest absolute Gasteiger partial charge is 0.253 e. The highest BCUT2D eigenvalue weighted by molar-refractivity contribution is 5.94. The summed E-state index contributed by atoms with van der Waals surface area (Å²) in [5, 5.41) is 3.00. The quantitative estimate of drug-likeness (QED) is 0.941. The van der Waals surface area contributed by atoms with Crippen LogP contribution in [-0.2, 0) is 0 Å². The summed E-state index contributed by atoms with van der Waals surface area (Å²) in [4.78, 5) is 26.4. The molecule has 0 saturated carbocycles. The van der Waals surface area contributed by atoms with E-state index >= 15 is 0 Å². The molecule has 24 heavy (non-hydrogen) atoms. The number of carbonyl (C=O) groups excluding carboxylic acids is 2. The Labute approximate surface area is 142 Å². The van der Waals surface area contributed by atoms with Crippen LogP contribution in [0.1, 0.15) is 33.6 Å². The second kappa shape index (κ2) is 7.77. The van der Waals surface area contributed by atoms with Gasteiger partial charge in [-0.3, -0.25) is 9.59 Å². The Balaban J connectivity index is 1.46. The number of piperidine rings is 1. The zero-order valence-electron chi connectivity index (χ0n) is 13.7. The van der Waals surface area contributed by atoms with Crippen LogP contribution in [-0.4, -0.2) is 36.3 Å². The van der Waals surface area contributed by atoms with Gasteiger partial charge >= 0.3 is 0 Å². The molecule has 2 aromatic rings. The number of rotatable bonds is 4. The van der Waals surface area contributed by atoms with Gasteiger partial charge in [0.25, 0.3) is 11.8 Å². The van der Waals surface area contributed by atoms with Crippen molar-refractivity contribution in [3.8, 4) is 0 Å². The SMILES string of the molecule is O=C(NCC1CCN(C(=O)c2ccccc2)CC1)c1ccccc1. The molecule has 1 fully saturated rings. The van der Waals surface area contributed by atoms with E-state index in [-0.39, 0.29) is 11.8 Å². The monoisotopic (exact) mass is 322 g/mol. The van der Waals surface area contributed by atoms with E-state index in [1.165, 1.54) is 0 Å². The zero-order chi connectivity index (χ0) is 16.8. The molecule has 0 radical (unpaired) electrons. The van der Waals surface area contributed by atoms with Gasteiger partial charge in [-0.2, -0.15) is 0 Å². The van der Waals surface area contributed by atoms with Crippen molar-refractivity contribution in [2.75, 3.05) is 19.6 Å². The standard InChI is InChI=1S/C20H22N2O2/c23-19(17-7-3-1-4-8-17)21-15-16-11-13-22(14-12-16)20(24)18-9-5-2-6-10-18/h1-10,16H,11-15H2,(H,21,23). The fraction of sp³-hybridized carbons (Fsp3) is 0.300. The molecular formula is C20H22N2O2. The van der Waals surface area contributed by atoms with Crippen LogP contribution in [0.25, 0.3) is 0 Å². The van der Waals surface area contributed by atoms with Gasteiger partial charge < -0.3 is 10.2 Å². The summed E-state index contributed by atoms with van der Waals surface area (Å²) in [6.07, 6.45) is 1.85. The summed E-state index contributed by atoms with van der Waals surface area (Å²) >= 11 is 0. The normalized spacial score (nSPS) is 15.1. The average Bonchev–Trinajstić information content (AvgIpc) is 2.67. The Morgan fingerprint density at radius 1 is 0.875 bits per heavy atom. The molecule has 0 atom stereocenters.